The highest BCUT2D eigenvalue weighted by Crippen LogP contribution is 2.31. The summed E-state index contributed by atoms with van der Waals surface area (Å²) < 4.78 is 5.09. The summed E-state index contributed by atoms with van der Waals surface area (Å²) in [6, 6.07) is 10.2. The zero-order valence-corrected chi connectivity index (χ0v) is 15.9. The number of fused-ring (bicyclic) bond motifs is 1. The molecule has 0 saturated carbocycles. The first-order valence-electron chi connectivity index (χ1n) is 8.15. The van der Waals surface area contributed by atoms with Crippen molar-refractivity contribution in [1.29, 1.82) is 0 Å². The Morgan fingerprint density at radius 1 is 1.04 bits per heavy atom. The third-order valence-corrected chi connectivity index (χ3v) is 4.93. The van der Waals surface area contributed by atoms with Crippen LogP contribution in [-0.2, 0) is 11.2 Å². The molecule has 0 aromatic heterocycles. The molecule has 2 aromatic carbocycles. The van der Waals surface area contributed by atoms with Crippen molar-refractivity contribution in [3.63, 3.8) is 0 Å². The highest BCUT2D eigenvalue weighted by atomic mass is 35.5. The van der Waals surface area contributed by atoms with E-state index in [2.05, 4.69) is 5.32 Å². The molecule has 1 aliphatic heterocycles. The van der Waals surface area contributed by atoms with Crippen molar-refractivity contribution in [2.45, 2.75) is 6.42 Å². The Morgan fingerprint density at radius 3 is 2.11 bits per heavy atom. The fourth-order valence-electron chi connectivity index (χ4n) is 2.77. The maximum Gasteiger partial charge on any atom is 0.262 e. The van der Waals surface area contributed by atoms with Gasteiger partial charge in [-0.2, -0.15) is 0 Å². The number of benzene rings is 2. The first kappa shape index (κ1) is 19.2. The molecule has 8 heteroatoms. The normalized spacial score (nSPS) is 12.9. The molecule has 1 N–H and O–H groups in total. The Kier molecular flexibility index (Phi) is 5.68. The number of methoxy groups -OCH3 is 1. The summed E-state index contributed by atoms with van der Waals surface area (Å²) in [5.41, 5.74) is 1.34. The van der Waals surface area contributed by atoms with E-state index in [1.165, 1.54) is 12.1 Å². The van der Waals surface area contributed by atoms with Gasteiger partial charge in [0.15, 0.2) is 0 Å². The summed E-state index contributed by atoms with van der Waals surface area (Å²) >= 11 is 11.8. The predicted octanol–water partition coefficient (Wildman–Crippen LogP) is 2.96. The summed E-state index contributed by atoms with van der Waals surface area (Å²) in [5.74, 6) is -0.776. The third kappa shape index (κ3) is 4.07. The number of rotatable bonds is 6. The second-order valence-electron chi connectivity index (χ2n) is 5.96. The van der Waals surface area contributed by atoms with E-state index in [-0.39, 0.29) is 27.7 Å². The molecular weight excluding hydrogens is 391 g/mol. The number of nitrogens with one attached hydrogen (secondary N) is 1. The lowest BCUT2D eigenvalue weighted by Crippen LogP contribution is -2.40. The molecule has 3 amide bonds. The Balaban J connectivity index is 1.56. The van der Waals surface area contributed by atoms with E-state index in [1.54, 1.807) is 7.11 Å². The van der Waals surface area contributed by atoms with Gasteiger partial charge >= 0.3 is 0 Å². The van der Waals surface area contributed by atoms with E-state index in [9.17, 15) is 14.4 Å². The van der Waals surface area contributed by atoms with Crippen LogP contribution in [0.4, 0.5) is 0 Å². The van der Waals surface area contributed by atoms with E-state index in [0.29, 0.717) is 13.0 Å². The highest BCUT2D eigenvalue weighted by Gasteiger charge is 2.37. The minimum atomic E-state index is -0.557. The summed E-state index contributed by atoms with van der Waals surface area (Å²) in [6.45, 7) is 0.0240. The lowest BCUT2D eigenvalue weighted by molar-refractivity contribution is -0.121. The molecule has 140 valence electrons. The molecule has 0 spiro atoms. The molecular formula is C19H16Cl2N2O4. The van der Waals surface area contributed by atoms with Crippen LogP contribution in [0.3, 0.4) is 0 Å². The summed E-state index contributed by atoms with van der Waals surface area (Å²) in [6.07, 6.45) is 0.614. The molecule has 0 aliphatic carbocycles. The van der Waals surface area contributed by atoms with Crippen molar-refractivity contribution >= 4 is 40.9 Å². The molecule has 2 aromatic rings. The molecule has 1 aliphatic rings. The van der Waals surface area contributed by atoms with Crippen LogP contribution < -0.4 is 10.1 Å². The van der Waals surface area contributed by atoms with E-state index in [1.807, 2.05) is 24.3 Å². The van der Waals surface area contributed by atoms with E-state index < -0.39 is 17.7 Å². The Morgan fingerprint density at radius 2 is 1.59 bits per heavy atom. The molecule has 6 nitrogen and oxygen atoms in total. The number of ether oxygens (including phenoxy) is 1. The van der Waals surface area contributed by atoms with Crippen molar-refractivity contribution < 1.29 is 19.1 Å². The predicted molar refractivity (Wildman–Crippen MR) is 102 cm³/mol. The Bertz CT molecular complexity index is 872. The average molecular weight is 407 g/mol. The molecule has 0 saturated heterocycles. The number of nitrogens with zero attached hydrogens (tertiary/aromatic N) is 1. The van der Waals surface area contributed by atoms with E-state index in [4.69, 9.17) is 27.9 Å². The fraction of sp³-hybridized carbons (Fsp3) is 0.211. The minimum Gasteiger partial charge on any atom is -0.497 e. The molecule has 1 heterocycles. The quantitative estimate of drug-likeness (QED) is 0.748. The largest absolute Gasteiger partial charge is 0.497 e. The van der Waals surface area contributed by atoms with Crippen LogP contribution in [0.15, 0.2) is 36.4 Å². The van der Waals surface area contributed by atoms with Crippen LogP contribution >= 0.6 is 23.2 Å². The maximum atomic E-state index is 12.4. The van der Waals surface area contributed by atoms with Gasteiger partial charge in [0.25, 0.3) is 11.8 Å². The van der Waals surface area contributed by atoms with Crippen LogP contribution in [0.2, 0.25) is 10.0 Å². The molecule has 0 fully saturated rings. The van der Waals surface area contributed by atoms with Crippen molar-refractivity contribution in [2.24, 2.45) is 0 Å². The van der Waals surface area contributed by atoms with Crippen molar-refractivity contribution in [3.05, 3.63) is 63.1 Å². The van der Waals surface area contributed by atoms with Crippen molar-refractivity contribution in [2.75, 3.05) is 20.2 Å². The van der Waals surface area contributed by atoms with Crippen LogP contribution in [0.5, 0.6) is 5.75 Å². The SMILES string of the molecule is COc1ccc(CCNC(=O)CN2C(=O)c3cc(Cl)c(Cl)cc3C2=O)cc1. The van der Waals surface area contributed by atoms with Gasteiger partial charge in [0, 0.05) is 6.54 Å². The summed E-state index contributed by atoms with van der Waals surface area (Å²) in [4.78, 5) is 37.8. The lowest BCUT2D eigenvalue weighted by Gasteiger charge is -2.13. The number of hydrogen-bond donors (Lipinski definition) is 1. The van der Waals surface area contributed by atoms with Gasteiger partial charge in [-0.05, 0) is 36.2 Å². The second-order valence-corrected chi connectivity index (χ2v) is 6.77. The smallest absolute Gasteiger partial charge is 0.262 e. The van der Waals surface area contributed by atoms with Crippen LogP contribution in [0, 0.1) is 0 Å². The van der Waals surface area contributed by atoms with Gasteiger partial charge in [0.2, 0.25) is 5.91 Å². The molecule has 3 rings (SSSR count). The number of hydrogen-bond acceptors (Lipinski definition) is 4. The number of carbonyl (C=O) groups is 3. The van der Waals surface area contributed by atoms with Gasteiger partial charge in [-0.15, -0.1) is 0 Å². The zero-order valence-electron chi connectivity index (χ0n) is 14.4. The van der Waals surface area contributed by atoms with Gasteiger partial charge in [0.1, 0.15) is 12.3 Å². The van der Waals surface area contributed by atoms with E-state index >= 15 is 0 Å². The van der Waals surface area contributed by atoms with Gasteiger partial charge in [0.05, 0.1) is 28.3 Å². The van der Waals surface area contributed by atoms with E-state index in [0.717, 1.165) is 16.2 Å². The minimum absolute atomic E-state index is 0.153. The monoisotopic (exact) mass is 406 g/mol. The lowest BCUT2D eigenvalue weighted by atomic mass is 10.1. The first-order valence-corrected chi connectivity index (χ1v) is 8.91. The Hall–Kier alpha value is -2.57. The average Bonchev–Trinajstić information content (AvgIpc) is 2.87. The first-order chi connectivity index (χ1) is 12.9. The standard InChI is InChI=1S/C19H16Cl2N2O4/c1-27-12-4-2-11(3-5-12)6-7-22-17(24)10-23-18(25)13-8-15(20)16(21)9-14(13)19(23)26/h2-5,8-9H,6-7,10H2,1H3,(H,22,24). The Labute approximate surface area is 166 Å². The van der Waals surface area contributed by atoms with Crippen molar-refractivity contribution in [3.8, 4) is 5.75 Å². The summed E-state index contributed by atoms with van der Waals surface area (Å²) in [7, 11) is 1.59. The topological polar surface area (TPSA) is 75.7 Å². The fourth-order valence-corrected chi connectivity index (χ4v) is 3.09. The van der Waals surface area contributed by atoms with Crippen LogP contribution in [0.25, 0.3) is 0 Å². The number of amides is 3. The summed E-state index contributed by atoms with van der Waals surface area (Å²) in [5, 5.41) is 3.07. The molecule has 0 bridgehead atoms. The maximum absolute atomic E-state index is 12.4. The molecule has 0 radical (unpaired) electrons. The number of imide groups is 1. The van der Waals surface area contributed by atoms with Crippen LogP contribution in [-0.4, -0.2) is 42.8 Å². The number of halogens is 2. The van der Waals surface area contributed by atoms with Crippen molar-refractivity contribution in [1.82, 2.24) is 10.2 Å². The zero-order chi connectivity index (χ0) is 19.6. The molecule has 0 unspecified atom stereocenters. The number of carbonyl (C=O) groups excluding carboxylic acids is 3. The van der Waals surface area contributed by atoms with Crippen LogP contribution in [0.1, 0.15) is 26.3 Å². The third-order valence-electron chi connectivity index (χ3n) is 4.21. The van der Waals surface area contributed by atoms with Gasteiger partial charge in [-0.25, -0.2) is 0 Å². The van der Waals surface area contributed by atoms with Gasteiger partial charge < -0.3 is 10.1 Å². The van der Waals surface area contributed by atoms with Gasteiger partial charge in [-0.3, -0.25) is 19.3 Å². The molecule has 0 atom stereocenters. The second kappa shape index (κ2) is 7.98. The highest BCUT2D eigenvalue weighted by molar-refractivity contribution is 6.43. The van der Waals surface area contributed by atoms with Gasteiger partial charge in [-0.1, -0.05) is 35.3 Å². The molecule has 27 heavy (non-hydrogen) atoms.